The van der Waals surface area contributed by atoms with Gasteiger partial charge in [0.05, 0.1) is 13.2 Å². The summed E-state index contributed by atoms with van der Waals surface area (Å²) in [5.74, 6) is 0.537. The molecule has 1 aromatic rings. The molecule has 0 heterocycles. The van der Waals surface area contributed by atoms with Crippen LogP contribution in [0.15, 0.2) is 30.3 Å². The zero-order chi connectivity index (χ0) is 11.6. The van der Waals surface area contributed by atoms with Crippen LogP contribution in [0.25, 0.3) is 0 Å². The summed E-state index contributed by atoms with van der Waals surface area (Å²) in [5.41, 5.74) is 0. The lowest BCUT2D eigenvalue weighted by atomic mass is 10.3. The summed E-state index contributed by atoms with van der Waals surface area (Å²) < 4.78 is 15.3. The first-order valence-corrected chi connectivity index (χ1v) is 5.18. The second-order valence-corrected chi connectivity index (χ2v) is 3.11. The van der Waals surface area contributed by atoms with Crippen molar-refractivity contribution in [3.8, 4) is 5.75 Å². The zero-order valence-electron chi connectivity index (χ0n) is 9.35. The van der Waals surface area contributed by atoms with Gasteiger partial charge in [-0.2, -0.15) is 0 Å². The molecule has 0 spiro atoms. The highest BCUT2D eigenvalue weighted by Gasteiger charge is 1.94. The average Bonchev–Trinajstić information content (AvgIpc) is 2.29. The van der Waals surface area contributed by atoms with Gasteiger partial charge < -0.3 is 14.2 Å². The van der Waals surface area contributed by atoms with Crippen molar-refractivity contribution < 1.29 is 19.0 Å². The Morgan fingerprint density at radius 1 is 1.06 bits per heavy atom. The van der Waals surface area contributed by atoms with Gasteiger partial charge in [0.25, 0.3) is 0 Å². The number of hydrogen-bond acceptors (Lipinski definition) is 4. The number of benzene rings is 1. The maximum Gasteiger partial charge on any atom is 0.302 e. The van der Waals surface area contributed by atoms with Crippen LogP contribution in [-0.4, -0.2) is 32.4 Å². The van der Waals surface area contributed by atoms with Crippen LogP contribution in [0.5, 0.6) is 5.75 Å². The molecule has 0 bridgehead atoms. The van der Waals surface area contributed by atoms with E-state index in [-0.39, 0.29) is 5.97 Å². The van der Waals surface area contributed by atoms with Gasteiger partial charge in [0.1, 0.15) is 19.0 Å². The Morgan fingerprint density at radius 2 is 1.75 bits per heavy atom. The molecule has 88 valence electrons. The summed E-state index contributed by atoms with van der Waals surface area (Å²) in [7, 11) is 0. The summed E-state index contributed by atoms with van der Waals surface area (Å²) in [4.78, 5) is 10.4. The number of para-hydroxylation sites is 1. The van der Waals surface area contributed by atoms with Crippen LogP contribution in [0.3, 0.4) is 0 Å². The Bertz CT molecular complexity index is 297. The van der Waals surface area contributed by atoms with Crippen LogP contribution in [0.4, 0.5) is 0 Å². The molecule has 0 radical (unpaired) electrons. The molecule has 0 aliphatic rings. The third-order valence-electron chi connectivity index (χ3n) is 1.77. The minimum atomic E-state index is -0.288. The van der Waals surface area contributed by atoms with E-state index >= 15 is 0 Å². The van der Waals surface area contributed by atoms with E-state index in [4.69, 9.17) is 14.2 Å². The topological polar surface area (TPSA) is 44.8 Å². The van der Waals surface area contributed by atoms with Crippen molar-refractivity contribution in [2.45, 2.75) is 6.92 Å². The van der Waals surface area contributed by atoms with Crippen molar-refractivity contribution in [2.24, 2.45) is 0 Å². The van der Waals surface area contributed by atoms with Gasteiger partial charge in [0, 0.05) is 6.92 Å². The largest absolute Gasteiger partial charge is 0.491 e. The molecule has 16 heavy (non-hydrogen) atoms. The smallest absolute Gasteiger partial charge is 0.302 e. The van der Waals surface area contributed by atoms with Crippen molar-refractivity contribution >= 4 is 5.97 Å². The van der Waals surface area contributed by atoms with E-state index in [1.54, 1.807) is 0 Å². The monoisotopic (exact) mass is 224 g/mol. The Morgan fingerprint density at radius 3 is 2.44 bits per heavy atom. The molecule has 1 aromatic carbocycles. The van der Waals surface area contributed by atoms with E-state index in [0.29, 0.717) is 26.4 Å². The minimum absolute atomic E-state index is 0.288. The number of carbonyl (C=O) groups is 1. The standard InChI is InChI=1S/C12H16O4/c1-11(13)15-9-7-14-8-10-16-12-5-3-2-4-6-12/h2-6H,7-10H2,1H3. The molecule has 0 aromatic heterocycles. The molecule has 0 fully saturated rings. The molecule has 0 amide bonds. The van der Waals surface area contributed by atoms with Crippen LogP contribution in [-0.2, 0) is 14.3 Å². The fourth-order valence-electron chi connectivity index (χ4n) is 1.08. The van der Waals surface area contributed by atoms with Crippen molar-refractivity contribution in [1.82, 2.24) is 0 Å². The Hall–Kier alpha value is -1.55. The zero-order valence-corrected chi connectivity index (χ0v) is 9.35. The highest BCUT2D eigenvalue weighted by Crippen LogP contribution is 2.07. The molecular formula is C12H16O4. The van der Waals surface area contributed by atoms with Gasteiger partial charge in [-0.15, -0.1) is 0 Å². The number of esters is 1. The average molecular weight is 224 g/mol. The molecule has 0 saturated heterocycles. The van der Waals surface area contributed by atoms with E-state index in [1.807, 2.05) is 30.3 Å². The van der Waals surface area contributed by atoms with Crippen LogP contribution < -0.4 is 4.74 Å². The predicted molar refractivity (Wildman–Crippen MR) is 59.4 cm³/mol. The van der Waals surface area contributed by atoms with Crippen LogP contribution in [0.1, 0.15) is 6.92 Å². The molecule has 4 heteroatoms. The van der Waals surface area contributed by atoms with Crippen molar-refractivity contribution in [2.75, 3.05) is 26.4 Å². The lowest BCUT2D eigenvalue weighted by molar-refractivity contribution is -0.142. The van der Waals surface area contributed by atoms with E-state index < -0.39 is 0 Å². The normalized spacial score (nSPS) is 9.81. The van der Waals surface area contributed by atoms with Gasteiger partial charge in [0.2, 0.25) is 0 Å². The van der Waals surface area contributed by atoms with Crippen molar-refractivity contribution in [3.05, 3.63) is 30.3 Å². The Balaban J connectivity index is 1.94. The van der Waals surface area contributed by atoms with Gasteiger partial charge in [-0.05, 0) is 12.1 Å². The summed E-state index contributed by atoms with van der Waals surface area (Å²) in [6, 6.07) is 9.54. The van der Waals surface area contributed by atoms with Crippen molar-refractivity contribution in [3.63, 3.8) is 0 Å². The van der Waals surface area contributed by atoms with Gasteiger partial charge in [-0.3, -0.25) is 4.79 Å². The van der Waals surface area contributed by atoms with Crippen LogP contribution >= 0.6 is 0 Å². The number of carbonyl (C=O) groups excluding carboxylic acids is 1. The molecule has 0 atom stereocenters. The quantitative estimate of drug-likeness (QED) is 0.521. The Labute approximate surface area is 95.1 Å². The highest BCUT2D eigenvalue weighted by molar-refractivity contribution is 5.65. The van der Waals surface area contributed by atoms with Gasteiger partial charge in [0.15, 0.2) is 0 Å². The van der Waals surface area contributed by atoms with Crippen molar-refractivity contribution in [1.29, 1.82) is 0 Å². The maximum atomic E-state index is 10.4. The van der Waals surface area contributed by atoms with E-state index in [0.717, 1.165) is 5.75 Å². The molecule has 0 aliphatic heterocycles. The van der Waals surface area contributed by atoms with Gasteiger partial charge >= 0.3 is 5.97 Å². The first-order chi connectivity index (χ1) is 7.79. The molecule has 1 rings (SSSR count). The minimum Gasteiger partial charge on any atom is -0.491 e. The molecular weight excluding hydrogens is 208 g/mol. The van der Waals surface area contributed by atoms with E-state index in [1.165, 1.54) is 6.92 Å². The fraction of sp³-hybridized carbons (Fsp3) is 0.417. The summed E-state index contributed by atoms with van der Waals surface area (Å²) in [6.07, 6.45) is 0. The SMILES string of the molecule is CC(=O)OCCOCCOc1ccccc1. The third-order valence-corrected chi connectivity index (χ3v) is 1.77. The molecule has 0 saturated carbocycles. The first-order valence-electron chi connectivity index (χ1n) is 5.18. The predicted octanol–water partition coefficient (Wildman–Crippen LogP) is 1.65. The third kappa shape index (κ3) is 6.03. The lowest BCUT2D eigenvalue weighted by Crippen LogP contribution is -2.12. The molecule has 0 unspecified atom stereocenters. The number of hydrogen-bond donors (Lipinski definition) is 0. The first kappa shape index (κ1) is 12.5. The summed E-state index contributed by atoms with van der Waals surface area (Å²) in [5, 5.41) is 0. The fourth-order valence-corrected chi connectivity index (χ4v) is 1.08. The summed E-state index contributed by atoms with van der Waals surface area (Å²) >= 11 is 0. The summed E-state index contributed by atoms with van der Waals surface area (Å²) in [6.45, 7) is 3.04. The molecule has 0 aliphatic carbocycles. The second kappa shape index (κ2) is 7.70. The van der Waals surface area contributed by atoms with E-state index in [9.17, 15) is 4.79 Å². The number of ether oxygens (including phenoxy) is 3. The number of rotatable bonds is 7. The molecule has 0 N–H and O–H groups in total. The Kier molecular flexibility index (Phi) is 6.03. The maximum absolute atomic E-state index is 10.4. The van der Waals surface area contributed by atoms with E-state index in [2.05, 4.69) is 0 Å². The van der Waals surface area contributed by atoms with Gasteiger partial charge in [-0.25, -0.2) is 0 Å². The van der Waals surface area contributed by atoms with Crippen LogP contribution in [0, 0.1) is 0 Å². The van der Waals surface area contributed by atoms with Crippen LogP contribution in [0.2, 0.25) is 0 Å². The second-order valence-electron chi connectivity index (χ2n) is 3.11. The van der Waals surface area contributed by atoms with Gasteiger partial charge in [-0.1, -0.05) is 18.2 Å². The molecule has 4 nitrogen and oxygen atoms in total. The lowest BCUT2D eigenvalue weighted by Gasteiger charge is -2.06. The highest BCUT2D eigenvalue weighted by atomic mass is 16.6.